The van der Waals surface area contributed by atoms with Gasteiger partial charge in [-0.3, -0.25) is 0 Å². The lowest BCUT2D eigenvalue weighted by Gasteiger charge is -2.32. The number of nitrogens with one attached hydrogen (secondary N) is 1. The van der Waals surface area contributed by atoms with E-state index in [1.807, 2.05) is 0 Å². The Bertz CT molecular complexity index is 216. The van der Waals surface area contributed by atoms with Crippen molar-refractivity contribution in [1.82, 2.24) is 5.32 Å². The molecule has 80 valence electrons. The lowest BCUT2D eigenvalue weighted by Crippen LogP contribution is -2.53. The molecule has 0 aromatic rings. The van der Waals surface area contributed by atoms with E-state index in [0.29, 0.717) is 6.04 Å². The van der Waals surface area contributed by atoms with Crippen molar-refractivity contribution in [3.63, 3.8) is 0 Å². The van der Waals surface area contributed by atoms with E-state index in [4.69, 9.17) is 5.73 Å². The highest BCUT2D eigenvalue weighted by Crippen LogP contribution is 2.34. The fourth-order valence-electron chi connectivity index (χ4n) is 2.94. The van der Waals surface area contributed by atoms with E-state index in [0.717, 1.165) is 12.5 Å². The number of hydrogen-bond donors (Lipinski definition) is 2. The molecule has 2 atom stereocenters. The molecule has 0 saturated heterocycles. The van der Waals surface area contributed by atoms with Gasteiger partial charge in [0, 0.05) is 18.1 Å². The molecule has 1 saturated carbocycles. The molecule has 0 aromatic carbocycles. The zero-order chi connectivity index (χ0) is 10.0. The molecule has 0 heterocycles. The maximum absolute atomic E-state index is 5.93. The highest BCUT2D eigenvalue weighted by atomic mass is 15.0. The summed E-state index contributed by atoms with van der Waals surface area (Å²) in [6.45, 7) is 3.14. The Kier molecular flexibility index (Phi) is 2.93. The molecule has 2 aliphatic carbocycles. The Morgan fingerprint density at radius 3 is 2.64 bits per heavy atom. The van der Waals surface area contributed by atoms with Crippen molar-refractivity contribution in [1.29, 1.82) is 0 Å². The van der Waals surface area contributed by atoms with Crippen LogP contribution in [0.15, 0.2) is 12.2 Å². The first kappa shape index (κ1) is 10.2. The predicted octanol–water partition coefficient (Wildman–Crippen LogP) is 1.81. The minimum absolute atomic E-state index is 0.260. The second-order valence-corrected chi connectivity index (χ2v) is 5.12. The molecule has 0 spiro atoms. The summed E-state index contributed by atoms with van der Waals surface area (Å²) in [5.74, 6) is 0.848. The largest absolute Gasteiger partial charge is 0.329 e. The minimum atomic E-state index is 0.260. The second kappa shape index (κ2) is 4.03. The summed E-state index contributed by atoms with van der Waals surface area (Å²) in [6.07, 6.45) is 10.8. The maximum atomic E-state index is 5.93. The number of hydrogen-bond acceptors (Lipinski definition) is 2. The van der Waals surface area contributed by atoms with E-state index >= 15 is 0 Å². The summed E-state index contributed by atoms with van der Waals surface area (Å²) in [6, 6.07) is 0.656. The Morgan fingerprint density at radius 2 is 2.14 bits per heavy atom. The van der Waals surface area contributed by atoms with Gasteiger partial charge in [-0.05, 0) is 38.0 Å². The van der Waals surface area contributed by atoms with Crippen molar-refractivity contribution in [2.45, 2.75) is 50.6 Å². The van der Waals surface area contributed by atoms with E-state index in [1.165, 1.54) is 32.1 Å². The van der Waals surface area contributed by atoms with Gasteiger partial charge < -0.3 is 11.1 Å². The van der Waals surface area contributed by atoms with Crippen molar-refractivity contribution in [3.05, 3.63) is 12.2 Å². The third-order valence-corrected chi connectivity index (χ3v) is 3.76. The van der Waals surface area contributed by atoms with Gasteiger partial charge in [-0.1, -0.05) is 19.1 Å². The lowest BCUT2D eigenvalue weighted by molar-refractivity contribution is 0.293. The van der Waals surface area contributed by atoms with E-state index in [1.54, 1.807) is 0 Å². The fraction of sp³-hybridized carbons (Fsp3) is 0.833. The smallest absolute Gasteiger partial charge is 0.0309 e. The molecule has 2 rings (SSSR count). The standard InChI is InChI=1S/C12H22N2/c1-10-6-7-12(8-10,9-13)14-11-4-2-3-5-11/h2-3,10-11,14H,4-9,13H2,1H3. The van der Waals surface area contributed by atoms with Crippen molar-refractivity contribution in [2.24, 2.45) is 11.7 Å². The Hall–Kier alpha value is -0.340. The van der Waals surface area contributed by atoms with Crippen molar-refractivity contribution >= 4 is 0 Å². The minimum Gasteiger partial charge on any atom is -0.329 e. The first-order valence-corrected chi connectivity index (χ1v) is 5.87. The van der Waals surface area contributed by atoms with Crippen LogP contribution in [0.3, 0.4) is 0 Å². The van der Waals surface area contributed by atoms with Gasteiger partial charge in [-0.25, -0.2) is 0 Å². The van der Waals surface area contributed by atoms with Crippen LogP contribution in [0.5, 0.6) is 0 Å². The van der Waals surface area contributed by atoms with Crippen LogP contribution < -0.4 is 11.1 Å². The molecule has 2 nitrogen and oxygen atoms in total. The lowest BCUT2D eigenvalue weighted by atomic mass is 9.94. The van der Waals surface area contributed by atoms with E-state index in [-0.39, 0.29) is 5.54 Å². The summed E-state index contributed by atoms with van der Waals surface area (Å²) in [4.78, 5) is 0. The zero-order valence-electron chi connectivity index (χ0n) is 9.13. The summed E-state index contributed by atoms with van der Waals surface area (Å²) < 4.78 is 0. The Morgan fingerprint density at radius 1 is 1.43 bits per heavy atom. The molecule has 2 aliphatic rings. The second-order valence-electron chi connectivity index (χ2n) is 5.12. The topological polar surface area (TPSA) is 38.0 Å². The molecule has 14 heavy (non-hydrogen) atoms. The molecule has 2 heteroatoms. The molecule has 0 radical (unpaired) electrons. The molecular formula is C12H22N2. The predicted molar refractivity (Wildman–Crippen MR) is 60.1 cm³/mol. The van der Waals surface area contributed by atoms with Gasteiger partial charge in [0.25, 0.3) is 0 Å². The van der Waals surface area contributed by atoms with Gasteiger partial charge in [-0.15, -0.1) is 0 Å². The van der Waals surface area contributed by atoms with Gasteiger partial charge in [0.1, 0.15) is 0 Å². The Balaban J connectivity index is 1.92. The van der Waals surface area contributed by atoms with Crippen LogP contribution in [0.1, 0.15) is 39.0 Å². The molecule has 0 amide bonds. The van der Waals surface area contributed by atoms with Gasteiger partial charge in [0.15, 0.2) is 0 Å². The Labute approximate surface area is 86.9 Å². The summed E-state index contributed by atoms with van der Waals surface area (Å²) in [5.41, 5.74) is 6.19. The maximum Gasteiger partial charge on any atom is 0.0309 e. The first-order chi connectivity index (χ1) is 6.74. The van der Waals surface area contributed by atoms with Crippen LogP contribution in [0.4, 0.5) is 0 Å². The van der Waals surface area contributed by atoms with Gasteiger partial charge in [0.2, 0.25) is 0 Å². The number of nitrogens with two attached hydrogens (primary N) is 1. The molecule has 0 bridgehead atoms. The monoisotopic (exact) mass is 194 g/mol. The van der Waals surface area contributed by atoms with Crippen LogP contribution in [0.2, 0.25) is 0 Å². The SMILES string of the molecule is CC1CCC(CN)(NC2CC=CC2)C1. The van der Waals surface area contributed by atoms with Crippen LogP contribution in [0.25, 0.3) is 0 Å². The van der Waals surface area contributed by atoms with Crippen molar-refractivity contribution < 1.29 is 0 Å². The molecule has 0 aromatic heterocycles. The van der Waals surface area contributed by atoms with Gasteiger partial charge >= 0.3 is 0 Å². The third-order valence-electron chi connectivity index (χ3n) is 3.76. The average Bonchev–Trinajstić information content (AvgIpc) is 2.77. The summed E-state index contributed by atoms with van der Waals surface area (Å²) >= 11 is 0. The zero-order valence-corrected chi connectivity index (χ0v) is 9.13. The average molecular weight is 194 g/mol. The highest BCUT2D eigenvalue weighted by Gasteiger charge is 2.37. The quantitative estimate of drug-likeness (QED) is 0.672. The summed E-state index contributed by atoms with van der Waals surface area (Å²) in [5, 5.41) is 3.78. The van der Waals surface area contributed by atoms with Crippen LogP contribution in [-0.4, -0.2) is 18.1 Å². The van der Waals surface area contributed by atoms with Gasteiger partial charge in [0.05, 0.1) is 0 Å². The number of rotatable bonds is 3. The van der Waals surface area contributed by atoms with Crippen LogP contribution >= 0.6 is 0 Å². The van der Waals surface area contributed by atoms with Crippen molar-refractivity contribution in [3.8, 4) is 0 Å². The van der Waals surface area contributed by atoms with E-state index < -0.39 is 0 Å². The fourth-order valence-corrected chi connectivity index (χ4v) is 2.94. The molecule has 1 fully saturated rings. The normalized spacial score (nSPS) is 38.3. The van der Waals surface area contributed by atoms with Crippen LogP contribution in [-0.2, 0) is 0 Å². The van der Waals surface area contributed by atoms with E-state index in [9.17, 15) is 0 Å². The summed E-state index contributed by atoms with van der Waals surface area (Å²) in [7, 11) is 0. The molecular weight excluding hydrogens is 172 g/mol. The first-order valence-electron chi connectivity index (χ1n) is 5.87. The van der Waals surface area contributed by atoms with Crippen molar-refractivity contribution in [2.75, 3.05) is 6.54 Å². The highest BCUT2D eigenvalue weighted by molar-refractivity contribution is 5.04. The van der Waals surface area contributed by atoms with E-state index in [2.05, 4.69) is 24.4 Å². The van der Waals surface area contributed by atoms with Crippen LogP contribution in [0, 0.1) is 5.92 Å². The van der Waals surface area contributed by atoms with Gasteiger partial charge in [-0.2, -0.15) is 0 Å². The molecule has 3 N–H and O–H groups in total. The third kappa shape index (κ3) is 2.01. The molecule has 2 unspecified atom stereocenters. The molecule has 0 aliphatic heterocycles.